The van der Waals surface area contributed by atoms with Gasteiger partial charge in [0.15, 0.2) is 0 Å². The van der Waals surface area contributed by atoms with Gasteiger partial charge >= 0.3 is 0 Å². The maximum atomic E-state index is 6.05. The number of hydrogen-bond acceptors (Lipinski definition) is 7. The third-order valence-corrected chi connectivity index (χ3v) is 5.94. The second kappa shape index (κ2) is 8.22. The number of para-hydroxylation sites is 1. The number of piperazine rings is 1. The van der Waals surface area contributed by atoms with Crippen molar-refractivity contribution >= 4 is 17.6 Å². The molecule has 2 aromatic rings. The number of methoxy groups -OCH3 is 1. The Kier molecular flexibility index (Phi) is 5.52. The van der Waals surface area contributed by atoms with Crippen LogP contribution in [-0.2, 0) is 0 Å². The van der Waals surface area contributed by atoms with Gasteiger partial charge in [-0.2, -0.15) is 9.97 Å². The lowest BCUT2D eigenvalue weighted by Gasteiger charge is -2.35. The number of nitrogen functional groups attached to an aromatic ring is 1. The van der Waals surface area contributed by atoms with Crippen molar-refractivity contribution in [2.75, 3.05) is 69.0 Å². The van der Waals surface area contributed by atoms with Crippen LogP contribution in [0.2, 0.25) is 0 Å². The van der Waals surface area contributed by atoms with Crippen LogP contribution in [0, 0.1) is 0 Å². The Hall–Kier alpha value is -2.54. The molecular weight excluding hydrogens is 352 g/mol. The Morgan fingerprint density at radius 2 is 1.54 bits per heavy atom. The van der Waals surface area contributed by atoms with Crippen molar-refractivity contribution in [1.82, 2.24) is 14.9 Å². The lowest BCUT2D eigenvalue weighted by Crippen LogP contribution is -2.45. The van der Waals surface area contributed by atoms with Crippen molar-refractivity contribution in [3.63, 3.8) is 0 Å². The van der Waals surface area contributed by atoms with Gasteiger partial charge in [0, 0.05) is 45.3 Å². The Balaban J connectivity index is 1.46. The number of benzene rings is 1. The summed E-state index contributed by atoms with van der Waals surface area (Å²) in [6.45, 7) is 5.96. The molecule has 1 aromatic heterocycles. The van der Waals surface area contributed by atoms with E-state index in [1.165, 1.54) is 5.56 Å². The van der Waals surface area contributed by atoms with Crippen LogP contribution >= 0.6 is 0 Å². The molecule has 2 aliphatic heterocycles. The van der Waals surface area contributed by atoms with Gasteiger partial charge < -0.3 is 25.2 Å². The fourth-order valence-electron chi connectivity index (χ4n) is 4.22. The molecule has 0 saturated carbocycles. The van der Waals surface area contributed by atoms with Gasteiger partial charge in [-0.1, -0.05) is 18.2 Å². The van der Waals surface area contributed by atoms with Crippen LogP contribution in [0.5, 0.6) is 5.75 Å². The first-order valence-corrected chi connectivity index (χ1v) is 10.1. The Morgan fingerprint density at radius 1 is 0.929 bits per heavy atom. The van der Waals surface area contributed by atoms with Crippen LogP contribution < -0.4 is 20.3 Å². The average molecular weight is 383 g/mol. The molecule has 0 radical (unpaired) electrons. The van der Waals surface area contributed by atoms with Gasteiger partial charge in [-0.05, 0) is 37.4 Å². The molecule has 0 atom stereocenters. The SMILES string of the molecule is COc1ccccc1C1CCN(c2cc(N3CCN(C)CC3)nc(N)n2)CC1. The number of aromatic nitrogens is 2. The summed E-state index contributed by atoms with van der Waals surface area (Å²) in [5, 5.41) is 0. The number of likely N-dealkylation sites (N-methyl/N-ethyl adjacent to an activating group) is 1. The van der Waals surface area contributed by atoms with E-state index in [9.17, 15) is 0 Å². The number of piperidine rings is 1. The topological polar surface area (TPSA) is 70.8 Å². The van der Waals surface area contributed by atoms with Crippen molar-refractivity contribution in [1.29, 1.82) is 0 Å². The van der Waals surface area contributed by atoms with Gasteiger partial charge in [0.2, 0.25) is 5.95 Å². The molecule has 7 nitrogen and oxygen atoms in total. The number of nitrogens with zero attached hydrogens (tertiary/aromatic N) is 5. The Morgan fingerprint density at radius 3 is 2.18 bits per heavy atom. The molecule has 7 heteroatoms. The zero-order valence-electron chi connectivity index (χ0n) is 16.8. The third-order valence-electron chi connectivity index (χ3n) is 5.94. The fourth-order valence-corrected chi connectivity index (χ4v) is 4.22. The molecule has 3 heterocycles. The van der Waals surface area contributed by atoms with Gasteiger partial charge in [-0.25, -0.2) is 0 Å². The van der Waals surface area contributed by atoms with Gasteiger partial charge in [0.05, 0.1) is 7.11 Å². The van der Waals surface area contributed by atoms with E-state index in [4.69, 9.17) is 10.5 Å². The smallest absolute Gasteiger partial charge is 0.223 e. The van der Waals surface area contributed by atoms with Gasteiger partial charge in [-0.15, -0.1) is 0 Å². The molecule has 0 spiro atoms. The highest BCUT2D eigenvalue weighted by Gasteiger charge is 2.25. The summed E-state index contributed by atoms with van der Waals surface area (Å²) in [6.07, 6.45) is 2.16. The minimum atomic E-state index is 0.360. The average Bonchev–Trinajstić information content (AvgIpc) is 2.74. The monoisotopic (exact) mass is 382 g/mol. The largest absolute Gasteiger partial charge is 0.496 e. The van der Waals surface area contributed by atoms with Gasteiger partial charge in [0.1, 0.15) is 17.4 Å². The molecule has 0 amide bonds. The van der Waals surface area contributed by atoms with E-state index in [2.05, 4.69) is 56.0 Å². The van der Waals surface area contributed by atoms with Crippen molar-refractivity contribution < 1.29 is 4.74 Å². The molecule has 2 N–H and O–H groups in total. The van der Waals surface area contributed by atoms with Crippen LogP contribution in [0.25, 0.3) is 0 Å². The van der Waals surface area contributed by atoms with E-state index in [0.29, 0.717) is 11.9 Å². The summed E-state index contributed by atoms with van der Waals surface area (Å²) in [5.74, 6) is 3.76. The molecule has 1 aromatic carbocycles. The van der Waals surface area contributed by atoms with Gasteiger partial charge in [0.25, 0.3) is 0 Å². The highest BCUT2D eigenvalue weighted by Crippen LogP contribution is 2.35. The molecule has 0 aliphatic carbocycles. The van der Waals surface area contributed by atoms with Crippen LogP contribution in [0.3, 0.4) is 0 Å². The molecule has 2 saturated heterocycles. The molecule has 4 rings (SSSR count). The molecule has 0 bridgehead atoms. The predicted molar refractivity (Wildman–Crippen MR) is 113 cm³/mol. The van der Waals surface area contributed by atoms with E-state index < -0.39 is 0 Å². The van der Waals surface area contributed by atoms with E-state index in [-0.39, 0.29) is 0 Å². The minimum absolute atomic E-state index is 0.360. The number of anilines is 3. The number of ether oxygens (including phenoxy) is 1. The van der Waals surface area contributed by atoms with Crippen molar-refractivity contribution in [2.24, 2.45) is 0 Å². The maximum Gasteiger partial charge on any atom is 0.223 e. The van der Waals surface area contributed by atoms with Crippen LogP contribution in [-0.4, -0.2) is 68.3 Å². The molecule has 0 unspecified atom stereocenters. The van der Waals surface area contributed by atoms with E-state index in [1.807, 2.05) is 6.07 Å². The Bertz CT molecular complexity index is 797. The summed E-state index contributed by atoms with van der Waals surface area (Å²) >= 11 is 0. The zero-order valence-corrected chi connectivity index (χ0v) is 16.8. The van der Waals surface area contributed by atoms with E-state index in [0.717, 1.165) is 69.5 Å². The molecular formula is C21H30N6O. The molecule has 150 valence electrons. The lowest BCUT2D eigenvalue weighted by atomic mass is 9.89. The molecule has 2 aliphatic rings. The highest BCUT2D eigenvalue weighted by atomic mass is 16.5. The number of nitrogens with two attached hydrogens (primary N) is 1. The van der Waals surface area contributed by atoms with Crippen LogP contribution in [0.4, 0.5) is 17.6 Å². The second-order valence-corrected chi connectivity index (χ2v) is 7.74. The number of hydrogen-bond donors (Lipinski definition) is 1. The first-order valence-electron chi connectivity index (χ1n) is 10.1. The minimum Gasteiger partial charge on any atom is -0.496 e. The zero-order chi connectivity index (χ0) is 19.5. The predicted octanol–water partition coefficient (Wildman–Crippen LogP) is 2.20. The van der Waals surface area contributed by atoms with Crippen LogP contribution in [0.1, 0.15) is 24.3 Å². The summed E-state index contributed by atoms with van der Waals surface area (Å²) in [4.78, 5) is 16.0. The maximum absolute atomic E-state index is 6.05. The van der Waals surface area contributed by atoms with Gasteiger partial charge in [-0.3, -0.25) is 0 Å². The van der Waals surface area contributed by atoms with Crippen LogP contribution in [0.15, 0.2) is 30.3 Å². The first-order chi connectivity index (χ1) is 13.6. The third kappa shape index (κ3) is 3.99. The Labute approximate surface area is 167 Å². The van der Waals surface area contributed by atoms with Crippen molar-refractivity contribution in [2.45, 2.75) is 18.8 Å². The quantitative estimate of drug-likeness (QED) is 0.869. The molecule has 2 fully saturated rings. The summed E-state index contributed by atoms with van der Waals surface area (Å²) in [7, 11) is 3.90. The number of rotatable bonds is 4. The fraction of sp³-hybridized carbons (Fsp3) is 0.524. The van der Waals surface area contributed by atoms with Crippen molar-refractivity contribution in [3.8, 4) is 5.75 Å². The van der Waals surface area contributed by atoms with E-state index >= 15 is 0 Å². The summed E-state index contributed by atoms with van der Waals surface area (Å²) < 4.78 is 5.56. The van der Waals surface area contributed by atoms with E-state index in [1.54, 1.807) is 7.11 Å². The molecule has 28 heavy (non-hydrogen) atoms. The lowest BCUT2D eigenvalue weighted by molar-refractivity contribution is 0.312. The normalized spacial score (nSPS) is 19.1. The second-order valence-electron chi connectivity index (χ2n) is 7.74. The van der Waals surface area contributed by atoms with Crippen molar-refractivity contribution in [3.05, 3.63) is 35.9 Å². The standard InChI is InChI=1S/C21H30N6O/c1-25-11-13-27(14-12-25)20-15-19(23-21(22)24-20)26-9-7-16(8-10-26)17-5-3-4-6-18(17)28-2/h3-6,15-16H,7-14H2,1-2H3,(H2,22,23,24). The first kappa shape index (κ1) is 18.8. The summed E-state index contributed by atoms with van der Waals surface area (Å²) in [6, 6.07) is 10.5. The summed E-state index contributed by atoms with van der Waals surface area (Å²) in [5.41, 5.74) is 7.36. The highest BCUT2D eigenvalue weighted by molar-refractivity contribution is 5.54.